The fourth-order valence-corrected chi connectivity index (χ4v) is 3.92. The van der Waals surface area contributed by atoms with Gasteiger partial charge >= 0.3 is 16.5 Å². The van der Waals surface area contributed by atoms with Crippen molar-refractivity contribution in [1.29, 1.82) is 0 Å². The number of aromatic nitrogens is 2. The molecule has 0 spiro atoms. The Bertz CT molecular complexity index is 1230. The van der Waals surface area contributed by atoms with Gasteiger partial charge in [0, 0.05) is 40.0 Å². The molecule has 0 radical (unpaired) electrons. The molecule has 0 atom stereocenters. The minimum Gasteiger partial charge on any atom is -0.481 e. The molecule has 2 amide bonds. The lowest BCUT2D eigenvalue weighted by Crippen LogP contribution is -2.21. The highest BCUT2D eigenvalue weighted by Crippen LogP contribution is 2.19. The van der Waals surface area contributed by atoms with Crippen LogP contribution in [-0.4, -0.2) is 81.7 Å². The molecular formula is C18H24N6O6S4. The van der Waals surface area contributed by atoms with E-state index >= 15 is 0 Å². The summed E-state index contributed by atoms with van der Waals surface area (Å²) in [4.78, 5) is 21.3. The number of thioether (sulfide) groups is 1. The van der Waals surface area contributed by atoms with Crippen molar-refractivity contribution in [3.63, 3.8) is 0 Å². The van der Waals surface area contributed by atoms with Crippen LogP contribution in [-0.2, 0) is 26.3 Å². The van der Waals surface area contributed by atoms with Gasteiger partial charge < -0.3 is 9.64 Å². The van der Waals surface area contributed by atoms with Crippen molar-refractivity contribution in [2.24, 2.45) is 4.36 Å². The number of nitrogens with one attached hydrogen (secondary N) is 1. The Kier molecular flexibility index (Phi) is 12.0. The third-order valence-corrected chi connectivity index (χ3v) is 7.49. The molecule has 0 saturated carbocycles. The van der Waals surface area contributed by atoms with Gasteiger partial charge in [0.1, 0.15) is 4.32 Å². The van der Waals surface area contributed by atoms with E-state index in [2.05, 4.69) is 19.6 Å². The molecule has 0 unspecified atom stereocenters. The Morgan fingerprint density at radius 2 is 1.79 bits per heavy atom. The van der Waals surface area contributed by atoms with Crippen LogP contribution in [0, 0.1) is 0 Å². The van der Waals surface area contributed by atoms with E-state index in [0.29, 0.717) is 20.7 Å². The van der Waals surface area contributed by atoms with Crippen molar-refractivity contribution < 1.29 is 26.4 Å². The maximum atomic E-state index is 11.5. The zero-order chi connectivity index (χ0) is 25.9. The van der Waals surface area contributed by atoms with Crippen molar-refractivity contribution in [2.75, 3.05) is 40.6 Å². The Hall–Kier alpha value is -2.66. The molecular weight excluding hydrogens is 525 g/mol. The summed E-state index contributed by atoms with van der Waals surface area (Å²) in [6.45, 7) is 0. The number of hydrogen-bond acceptors (Lipinski definition) is 10. The molecule has 0 aliphatic carbocycles. The molecule has 1 N–H and O–H groups in total. The Morgan fingerprint density at radius 1 is 1.18 bits per heavy atom. The molecule has 0 aliphatic heterocycles. The van der Waals surface area contributed by atoms with Gasteiger partial charge in [0.2, 0.25) is 21.9 Å². The molecule has 16 heteroatoms. The first kappa shape index (κ1) is 29.4. The minimum atomic E-state index is -3.24. The molecule has 2 aromatic rings. The van der Waals surface area contributed by atoms with Crippen LogP contribution in [0.3, 0.4) is 0 Å². The smallest absolute Gasteiger partial charge is 0.362 e. The number of ether oxygens (including phenoxy) is 1. The van der Waals surface area contributed by atoms with E-state index in [1.54, 1.807) is 41.3 Å². The van der Waals surface area contributed by atoms with Crippen molar-refractivity contribution in [3.05, 3.63) is 42.1 Å². The molecule has 12 nitrogen and oxygen atoms in total. The van der Waals surface area contributed by atoms with Gasteiger partial charge in [-0.1, -0.05) is 46.5 Å². The minimum absolute atomic E-state index is 0.107. The van der Waals surface area contributed by atoms with Crippen LogP contribution in [0.15, 0.2) is 45.7 Å². The van der Waals surface area contributed by atoms with Crippen LogP contribution in [0.25, 0.3) is 0 Å². The van der Waals surface area contributed by atoms with Gasteiger partial charge in [-0.25, -0.2) is 22.5 Å². The average Bonchev–Trinajstić information content (AvgIpc) is 2.77. The molecule has 0 aliphatic rings. The molecule has 0 fully saturated rings. The van der Waals surface area contributed by atoms with Gasteiger partial charge in [-0.05, 0) is 12.1 Å². The van der Waals surface area contributed by atoms with Crippen LogP contribution >= 0.6 is 24.0 Å². The Labute approximate surface area is 209 Å². The van der Waals surface area contributed by atoms with Crippen molar-refractivity contribution in [1.82, 2.24) is 19.2 Å². The highest BCUT2D eigenvalue weighted by molar-refractivity contribution is 8.22. The van der Waals surface area contributed by atoms with Crippen LogP contribution in [0.2, 0.25) is 0 Å². The number of sulfonamides is 1. The van der Waals surface area contributed by atoms with Gasteiger partial charge in [-0.15, -0.1) is 0 Å². The van der Waals surface area contributed by atoms with Crippen LogP contribution in [0.1, 0.15) is 5.69 Å². The molecule has 2 rings (SSSR count). The third kappa shape index (κ3) is 10.1. The lowest BCUT2D eigenvalue weighted by Gasteiger charge is -2.12. The maximum absolute atomic E-state index is 11.5. The molecule has 186 valence electrons. The fourth-order valence-electron chi connectivity index (χ4n) is 1.96. The van der Waals surface area contributed by atoms with Crippen molar-refractivity contribution >= 4 is 60.8 Å². The number of carbonyl (C=O) groups excluding carboxylic acids is 1. The number of amides is 2. The molecule has 0 bridgehead atoms. The molecule has 1 aromatic heterocycles. The molecule has 0 saturated heterocycles. The van der Waals surface area contributed by atoms with Crippen molar-refractivity contribution in [3.8, 4) is 5.88 Å². The summed E-state index contributed by atoms with van der Waals surface area (Å²) in [5.74, 6) is 0.550. The first-order valence-electron chi connectivity index (χ1n) is 9.22. The predicted octanol–water partition coefficient (Wildman–Crippen LogP) is 2.10. The number of nitrogens with zero attached hydrogens (tertiary/aromatic N) is 5. The largest absolute Gasteiger partial charge is 0.481 e. The number of methoxy groups -OCH3 is 1. The van der Waals surface area contributed by atoms with Crippen LogP contribution < -0.4 is 10.1 Å². The van der Waals surface area contributed by atoms with Crippen LogP contribution in [0.4, 0.5) is 10.7 Å². The Balaban J connectivity index is 0.000000404. The number of carbonyl (C=O) groups is 1. The normalized spacial score (nSPS) is 10.5. The second kappa shape index (κ2) is 13.9. The summed E-state index contributed by atoms with van der Waals surface area (Å²) in [5.41, 5.74) is 0.555. The van der Waals surface area contributed by atoms with Crippen LogP contribution in [0.5, 0.6) is 5.88 Å². The van der Waals surface area contributed by atoms with Crippen molar-refractivity contribution in [2.45, 2.75) is 10.6 Å². The molecule has 1 aromatic carbocycles. The summed E-state index contributed by atoms with van der Waals surface area (Å²) >= 11 is 6.52. The zero-order valence-electron chi connectivity index (χ0n) is 19.0. The van der Waals surface area contributed by atoms with E-state index in [9.17, 15) is 21.6 Å². The fraction of sp³-hybridized carbons (Fsp3) is 0.333. The second-order valence-electron chi connectivity index (χ2n) is 6.51. The van der Waals surface area contributed by atoms with E-state index in [-0.39, 0.29) is 11.8 Å². The monoisotopic (exact) mass is 548 g/mol. The van der Waals surface area contributed by atoms with Gasteiger partial charge in [0.05, 0.1) is 17.7 Å². The second-order valence-corrected chi connectivity index (χ2v) is 10.9. The van der Waals surface area contributed by atoms with Gasteiger partial charge in [-0.3, -0.25) is 5.32 Å². The predicted molar refractivity (Wildman–Crippen MR) is 134 cm³/mol. The summed E-state index contributed by atoms with van der Waals surface area (Å²) < 4.78 is 53.2. The number of thiocarbonyl (C=S) groups is 1. The molecule has 1 heterocycles. The van der Waals surface area contributed by atoms with Gasteiger partial charge in [0.25, 0.3) is 0 Å². The number of anilines is 1. The summed E-state index contributed by atoms with van der Waals surface area (Å²) in [7, 11) is 2.00. The number of benzene rings is 1. The van der Waals surface area contributed by atoms with E-state index in [4.69, 9.17) is 17.0 Å². The lowest BCUT2D eigenvalue weighted by atomic mass is 10.4. The highest BCUT2D eigenvalue weighted by Gasteiger charge is 2.15. The topological polar surface area (TPSA) is 151 Å². The standard InChI is InChI=1S/C10H13N5O4S3.C8H11NO2S/c1-15(2)10(20)21-5-6-4-7(19-3)12-8(11-6)13-9(16)14-22(17)18;1-9(2)12(10,11)8-6-4-3-5-7-8/h4H,5H2,1-3H3,(H,11,12,13,16);3-7H,1-2H3. The quantitative estimate of drug-likeness (QED) is 0.528. The average molecular weight is 549 g/mol. The SMILES string of the molecule is CN(C)S(=O)(=O)c1ccccc1.COc1cc(CSC(=S)N(C)C)nc(NC(=O)N=S(=O)=O)n1. The van der Waals surface area contributed by atoms with E-state index < -0.39 is 26.6 Å². The molecule has 34 heavy (non-hydrogen) atoms. The highest BCUT2D eigenvalue weighted by atomic mass is 32.2. The summed E-state index contributed by atoms with van der Waals surface area (Å²) in [6.07, 6.45) is 0. The van der Waals surface area contributed by atoms with E-state index in [0.717, 1.165) is 0 Å². The number of rotatable bonds is 6. The third-order valence-electron chi connectivity index (χ3n) is 3.57. The lowest BCUT2D eigenvalue weighted by molar-refractivity contribution is 0.259. The van der Waals surface area contributed by atoms with E-state index in [1.807, 2.05) is 14.1 Å². The van der Waals surface area contributed by atoms with E-state index in [1.165, 1.54) is 37.3 Å². The Morgan fingerprint density at radius 3 is 2.29 bits per heavy atom. The first-order valence-corrected chi connectivity index (χ1v) is 13.1. The summed E-state index contributed by atoms with van der Waals surface area (Å²) in [5, 5.41) is 2.15. The van der Waals surface area contributed by atoms with Gasteiger partial charge in [-0.2, -0.15) is 13.4 Å². The summed E-state index contributed by atoms with van der Waals surface area (Å²) in [6, 6.07) is 8.85. The zero-order valence-corrected chi connectivity index (χ0v) is 22.3. The number of hydrogen-bond donors (Lipinski definition) is 1. The van der Waals surface area contributed by atoms with Gasteiger partial charge in [0.15, 0.2) is 0 Å². The maximum Gasteiger partial charge on any atom is 0.362 e. The number of urea groups is 1. The first-order chi connectivity index (χ1) is 15.9.